The average molecular weight is 436 g/mol. The Morgan fingerprint density at radius 3 is 2.74 bits per heavy atom. The molecule has 0 bridgehead atoms. The summed E-state index contributed by atoms with van der Waals surface area (Å²) in [5, 5.41) is 4.89. The fourth-order valence-corrected chi connectivity index (χ4v) is 3.95. The Hall–Kier alpha value is -1.30. The molecule has 3 nitrogen and oxygen atoms in total. The van der Waals surface area contributed by atoms with E-state index in [4.69, 9.17) is 4.74 Å². The predicted octanol–water partition coefficient (Wildman–Crippen LogP) is 4.94. The summed E-state index contributed by atoms with van der Waals surface area (Å²) in [5.74, 6) is 0.903. The highest BCUT2D eigenvalue weighted by Crippen LogP contribution is 2.36. The van der Waals surface area contributed by atoms with Gasteiger partial charge in [0.1, 0.15) is 5.75 Å². The first-order chi connectivity index (χ1) is 11.2. The van der Waals surface area contributed by atoms with Gasteiger partial charge < -0.3 is 15.0 Å². The lowest BCUT2D eigenvalue weighted by Gasteiger charge is -2.25. The minimum Gasteiger partial charge on any atom is -0.497 e. The lowest BCUT2D eigenvalue weighted by atomic mass is 9.94. The van der Waals surface area contributed by atoms with Gasteiger partial charge in [0.15, 0.2) is 0 Å². The van der Waals surface area contributed by atoms with Gasteiger partial charge in [0.05, 0.1) is 13.2 Å². The number of aromatic nitrogens is 1. The molecule has 4 rings (SSSR count). The summed E-state index contributed by atoms with van der Waals surface area (Å²) in [4.78, 5) is 3.60. The minimum absolute atomic E-state index is 0.182. The SMILES string of the molecule is COc1ccc2[nH]c3c(c2c1)CCNC3c1ccc(Br)c(Br)c1. The molecule has 2 N–H and O–H groups in total. The summed E-state index contributed by atoms with van der Waals surface area (Å²) in [7, 11) is 1.71. The summed E-state index contributed by atoms with van der Waals surface area (Å²) in [6, 6.07) is 12.8. The molecule has 0 saturated carbocycles. The summed E-state index contributed by atoms with van der Waals surface area (Å²) >= 11 is 7.14. The summed E-state index contributed by atoms with van der Waals surface area (Å²) in [6.07, 6.45) is 1.02. The van der Waals surface area contributed by atoms with Gasteiger partial charge in [-0.3, -0.25) is 0 Å². The molecule has 0 aliphatic carbocycles. The van der Waals surface area contributed by atoms with Gasteiger partial charge >= 0.3 is 0 Å². The normalized spacial score (nSPS) is 17.3. The Balaban J connectivity index is 1.86. The van der Waals surface area contributed by atoms with Crippen LogP contribution in [0.3, 0.4) is 0 Å². The highest BCUT2D eigenvalue weighted by Gasteiger charge is 2.25. The third-order valence-corrected chi connectivity index (χ3v) is 6.32. The first-order valence-electron chi connectivity index (χ1n) is 7.54. The van der Waals surface area contributed by atoms with E-state index in [-0.39, 0.29) is 6.04 Å². The second-order valence-electron chi connectivity index (χ2n) is 5.74. The number of benzene rings is 2. The number of hydrogen-bond donors (Lipinski definition) is 2. The van der Waals surface area contributed by atoms with Crippen molar-refractivity contribution in [1.82, 2.24) is 10.3 Å². The van der Waals surface area contributed by atoms with Crippen LogP contribution < -0.4 is 10.1 Å². The van der Waals surface area contributed by atoms with E-state index in [1.54, 1.807) is 7.11 Å². The Morgan fingerprint density at radius 1 is 1.09 bits per heavy atom. The smallest absolute Gasteiger partial charge is 0.119 e. The Kier molecular flexibility index (Phi) is 3.95. The van der Waals surface area contributed by atoms with E-state index in [1.807, 2.05) is 6.07 Å². The number of methoxy groups -OCH3 is 1. The van der Waals surface area contributed by atoms with Crippen LogP contribution in [0.15, 0.2) is 45.3 Å². The van der Waals surface area contributed by atoms with Crippen molar-refractivity contribution in [2.75, 3.05) is 13.7 Å². The molecule has 0 spiro atoms. The van der Waals surface area contributed by atoms with E-state index >= 15 is 0 Å². The quantitative estimate of drug-likeness (QED) is 0.598. The Bertz CT molecular complexity index is 888. The lowest BCUT2D eigenvalue weighted by molar-refractivity contribution is 0.415. The number of fused-ring (bicyclic) bond motifs is 3. The van der Waals surface area contributed by atoms with E-state index in [9.17, 15) is 0 Å². The number of H-pyrrole nitrogens is 1. The van der Waals surface area contributed by atoms with Crippen LogP contribution in [0.2, 0.25) is 0 Å². The zero-order valence-corrected chi connectivity index (χ0v) is 15.8. The van der Waals surface area contributed by atoms with Gasteiger partial charge in [0.25, 0.3) is 0 Å². The molecule has 0 fully saturated rings. The third kappa shape index (κ3) is 2.61. The standard InChI is InChI=1S/C18H16Br2N2O/c1-23-11-3-5-16-13(9-11)12-6-7-21-17(18(12)22-16)10-2-4-14(19)15(20)8-10/h2-5,8-9,17,21-22H,6-7H2,1H3. The van der Waals surface area contributed by atoms with E-state index in [1.165, 1.54) is 27.7 Å². The minimum atomic E-state index is 0.182. The molecule has 1 aromatic heterocycles. The van der Waals surface area contributed by atoms with Crippen molar-refractivity contribution in [3.63, 3.8) is 0 Å². The zero-order chi connectivity index (χ0) is 16.0. The number of nitrogens with one attached hydrogen (secondary N) is 2. The van der Waals surface area contributed by atoms with Crippen LogP contribution >= 0.6 is 31.9 Å². The van der Waals surface area contributed by atoms with Crippen LogP contribution in [0.1, 0.15) is 22.9 Å². The van der Waals surface area contributed by atoms with Crippen LogP contribution in [-0.2, 0) is 6.42 Å². The monoisotopic (exact) mass is 434 g/mol. The molecular formula is C18H16Br2N2O. The first-order valence-corrected chi connectivity index (χ1v) is 9.13. The zero-order valence-electron chi connectivity index (χ0n) is 12.6. The van der Waals surface area contributed by atoms with Crippen molar-refractivity contribution in [1.29, 1.82) is 0 Å². The molecule has 0 amide bonds. The molecule has 1 aliphatic rings. The predicted molar refractivity (Wildman–Crippen MR) is 100 cm³/mol. The molecule has 0 radical (unpaired) electrons. The molecule has 118 valence electrons. The third-order valence-electron chi connectivity index (χ3n) is 4.44. The van der Waals surface area contributed by atoms with Crippen LogP contribution in [0.25, 0.3) is 10.9 Å². The van der Waals surface area contributed by atoms with Gasteiger partial charge in [-0.25, -0.2) is 0 Å². The maximum absolute atomic E-state index is 5.38. The number of ether oxygens (including phenoxy) is 1. The van der Waals surface area contributed by atoms with E-state index < -0.39 is 0 Å². The van der Waals surface area contributed by atoms with Crippen molar-refractivity contribution in [3.8, 4) is 5.75 Å². The lowest BCUT2D eigenvalue weighted by Crippen LogP contribution is -2.30. The summed E-state index contributed by atoms with van der Waals surface area (Å²) in [6.45, 7) is 0.968. The molecule has 2 heterocycles. The Morgan fingerprint density at radius 2 is 1.96 bits per heavy atom. The van der Waals surface area contributed by atoms with Gasteiger partial charge in [-0.15, -0.1) is 0 Å². The molecule has 3 aromatic rings. The van der Waals surface area contributed by atoms with Gasteiger partial charge in [0.2, 0.25) is 0 Å². The van der Waals surface area contributed by atoms with E-state index in [2.05, 4.69) is 72.5 Å². The highest BCUT2D eigenvalue weighted by atomic mass is 79.9. The number of hydrogen-bond acceptors (Lipinski definition) is 2. The Labute approximate surface area is 151 Å². The van der Waals surface area contributed by atoms with Gasteiger partial charge in [-0.1, -0.05) is 6.07 Å². The fraction of sp³-hybridized carbons (Fsp3) is 0.222. The van der Waals surface area contributed by atoms with Crippen LogP contribution in [0, 0.1) is 0 Å². The second-order valence-corrected chi connectivity index (χ2v) is 7.45. The maximum Gasteiger partial charge on any atom is 0.119 e. The molecule has 0 saturated heterocycles. The highest BCUT2D eigenvalue weighted by molar-refractivity contribution is 9.13. The maximum atomic E-state index is 5.38. The van der Waals surface area contributed by atoms with Crippen molar-refractivity contribution in [2.24, 2.45) is 0 Å². The molecular weight excluding hydrogens is 420 g/mol. The van der Waals surface area contributed by atoms with Crippen molar-refractivity contribution >= 4 is 42.8 Å². The van der Waals surface area contributed by atoms with Gasteiger partial charge in [0, 0.05) is 32.1 Å². The molecule has 23 heavy (non-hydrogen) atoms. The number of rotatable bonds is 2. The van der Waals surface area contributed by atoms with Gasteiger partial charge in [-0.2, -0.15) is 0 Å². The molecule has 5 heteroatoms. The van der Waals surface area contributed by atoms with Crippen molar-refractivity contribution in [2.45, 2.75) is 12.5 Å². The largest absolute Gasteiger partial charge is 0.497 e. The number of halogens is 2. The second kappa shape index (κ2) is 5.96. The number of aromatic amines is 1. The molecule has 1 atom stereocenters. The first kappa shape index (κ1) is 15.2. The van der Waals surface area contributed by atoms with Crippen LogP contribution in [-0.4, -0.2) is 18.6 Å². The van der Waals surface area contributed by atoms with E-state index in [0.29, 0.717) is 0 Å². The molecule has 1 unspecified atom stereocenters. The van der Waals surface area contributed by atoms with Crippen LogP contribution in [0.4, 0.5) is 0 Å². The topological polar surface area (TPSA) is 37.0 Å². The molecule has 2 aromatic carbocycles. The summed E-state index contributed by atoms with van der Waals surface area (Å²) < 4.78 is 7.52. The van der Waals surface area contributed by atoms with E-state index in [0.717, 1.165) is 27.7 Å². The van der Waals surface area contributed by atoms with Crippen molar-refractivity contribution < 1.29 is 4.74 Å². The fourth-order valence-electron chi connectivity index (χ4n) is 3.31. The molecule has 1 aliphatic heterocycles. The summed E-state index contributed by atoms with van der Waals surface area (Å²) in [5.41, 5.74) is 5.07. The average Bonchev–Trinajstić information content (AvgIpc) is 2.95. The van der Waals surface area contributed by atoms with Crippen molar-refractivity contribution in [3.05, 3.63) is 62.2 Å². The van der Waals surface area contributed by atoms with Crippen LogP contribution in [0.5, 0.6) is 5.75 Å². The van der Waals surface area contributed by atoms with Gasteiger partial charge in [-0.05, 0) is 79.7 Å².